The fourth-order valence-electron chi connectivity index (χ4n) is 4.18. The number of benzene rings is 2. The van der Waals surface area contributed by atoms with Gasteiger partial charge >= 0.3 is 0 Å². The lowest BCUT2D eigenvalue weighted by molar-refractivity contribution is -0.140. The van der Waals surface area contributed by atoms with E-state index in [1.807, 2.05) is 39.0 Å². The van der Waals surface area contributed by atoms with Gasteiger partial charge in [-0.15, -0.1) is 0 Å². The van der Waals surface area contributed by atoms with Gasteiger partial charge in [0.25, 0.3) is 0 Å². The number of aromatic hydroxyl groups is 1. The van der Waals surface area contributed by atoms with E-state index in [9.17, 15) is 14.7 Å². The lowest BCUT2D eigenvalue weighted by Crippen LogP contribution is -2.50. The second kappa shape index (κ2) is 9.41. The standard InChI is InChI=1S/C25H33N3O3/c1-5-6-7-8-23(29)28-14-19-12-20(26)10-9-18(19)13-22(28)25(31)27-21-11-15(2)24(30)17(4)16(21)3/h9-12,22,30H,5-8,13-14,26H2,1-4H3,(H,27,31)/t22-/m0/s1. The Kier molecular flexibility index (Phi) is 6.88. The van der Waals surface area contributed by atoms with E-state index in [2.05, 4.69) is 12.2 Å². The molecule has 0 aromatic heterocycles. The van der Waals surface area contributed by atoms with Gasteiger partial charge in [0.2, 0.25) is 11.8 Å². The van der Waals surface area contributed by atoms with Crippen molar-refractivity contribution in [3.63, 3.8) is 0 Å². The van der Waals surface area contributed by atoms with Crippen LogP contribution in [0.15, 0.2) is 24.3 Å². The number of anilines is 2. The molecule has 1 atom stereocenters. The lowest BCUT2D eigenvalue weighted by atomic mass is 9.92. The van der Waals surface area contributed by atoms with Crippen LogP contribution in [0.1, 0.15) is 60.4 Å². The third-order valence-corrected chi connectivity index (χ3v) is 6.29. The Balaban J connectivity index is 1.89. The highest BCUT2D eigenvalue weighted by molar-refractivity contribution is 5.98. The topological polar surface area (TPSA) is 95.7 Å². The van der Waals surface area contributed by atoms with Crippen molar-refractivity contribution in [2.45, 2.75) is 72.4 Å². The smallest absolute Gasteiger partial charge is 0.247 e. The molecular weight excluding hydrogens is 390 g/mol. The van der Waals surface area contributed by atoms with E-state index in [0.29, 0.717) is 36.3 Å². The number of rotatable bonds is 6. The van der Waals surface area contributed by atoms with Gasteiger partial charge in [0.05, 0.1) is 0 Å². The van der Waals surface area contributed by atoms with Crippen LogP contribution in [0.4, 0.5) is 11.4 Å². The summed E-state index contributed by atoms with van der Waals surface area (Å²) in [5.41, 5.74) is 11.6. The Morgan fingerprint density at radius 2 is 1.87 bits per heavy atom. The van der Waals surface area contributed by atoms with Crippen molar-refractivity contribution in [1.82, 2.24) is 4.90 Å². The normalized spacial score (nSPS) is 15.5. The molecule has 0 fully saturated rings. The molecule has 0 aliphatic carbocycles. The number of nitrogens with zero attached hydrogens (tertiary/aromatic N) is 1. The Labute approximate surface area is 184 Å². The first kappa shape index (κ1) is 22.7. The number of phenolic OH excluding ortho intramolecular Hbond substituents is 1. The zero-order chi connectivity index (χ0) is 22.7. The third-order valence-electron chi connectivity index (χ3n) is 6.29. The molecule has 0 unspecified atom stereocenters. The van der Waals surface area contributed by atoms with E-state index in [4.69, 9.17) is 5.73 Å². The van der Waals surface area contributed by atoms with Crippen LogP contribution in [0.5, 0.6) is 5.75 Å². The predicted molar refractivity (Wildman–Crippen MR) is 124 cm³/mol. The van der Waals surface area contributed by atoms with Gasteiger partial charge in [-0.05, 0) is 73.2 Å². The second-order valence-electron chi connectivity index (χ2n) is 8.56. The zero-order valence-electron chi connectivity index (χ0n) is 18.9. The maximum atomic E-state index is 13.4. The Morgan fingerprint density at radius 1 is 1.13 bits per heavy atom. The summed E-state index contributed by atoms with van der Waals surface area (Å²) in [7, 11) is 0. The fraction of sp³-hybridized carbons (Fsp3) is 0.440. The molecule has 31 heavy (non-hydrogen) atoms. The highest BCUT2D eigenvalue weighted by Crippen LogP contribution is 2.32. The van der Waals surface area contributed by atoms with Crippen LogP contribution in [0.3, 0.4) is 0 Å². The summed E-state index contributed by atoms with van der Waals surface area (Å²) in [6.07, 6.45) is 3.74. The van der Waals surface area contributed by atoms with Crippen LogP contribution in [0, 0.1) is 20.8 Å². The molecule has 2 aromatic rings. The molecule has 2 amide bonds. The van der Waals surface area contributed by atoms with E-state index < -0.39 is 6.04 Å². The maximum Gasteiger partial charge on any atom is 0.247 e. The van der Waals surface area contributed by atoms with Crippen LogP contribution in [0.25, 0.3) is 0 Å². The number of unbranched alkanes of at least 4 members (excludes halogenated alkanes) is 2. The highest BCUT2D eigenvalue weighted by Gasteiger charge is 2.34. The second-order valence-corrected chi connectivity index (χ2v) is 8.56. The number of amides is 2. The molecule has 1 aliphatic heterocycles. The molecule has 166 valence electrons. The monoisotopic (exact) mass is 423 g/mol. The summed E-state index contributed by atoms with van der Waals surface area (Å²) in [6.45, 7) is 8.00. The van der Waals surface area contributed by atoms with Gasteiger partial charge in [-0.3, -0.25) is 9.59 Å². The molecule has 0 bridgehead atoms. The van der Waals surface area contributed by atoms with Crippen molar-refractivity contribution in [1.29, 1.82) is 0 Å². The quantitative estimate of drug-likeness (QED) is 0.365. The Hall–Kier alpha value is -3.02. The molecule has 2 aromatic carbocycles. The number of nitrogen functional groups attached to an aromatic ring is 1. The van der Waals surface area contributed by atoms with E-state index in [-0.39, 0.29) is 17.6 Å². The SMILES string of the molecule is CCCCCC(=O)N1Cc2cc(N)ccc2C[C@H]1C(=O)Nc1cc(C)c(O)c(C)c1C. The van der Waals surface area contributed by atoms with Crippen molar-refractivity contribution >= 4 is 23.2 Å². The van der Waals surface area contributed by atoms with Gasteiger partial charge in [0.1, 0.15) is 11.8 Å². The summed E-state index contributed by atoms with van der Waals surface area (Å²) in [6, 6.07) is 6.87. The summed E-state index contributed by atoms with van der Waals surface area (Å²) >= 11 is 0. The minimum Gasteiger partial charge on any atom is -0.507 e. The van der Waals surface area contributed by atoms with Crippen molar-refractivity contribution in [2.24, 2.45) is 0 Å². The van der Waals surface area contributed by atoms with E-state index in [0.717, 1.165) is 41.5 Å². The lowest BCUT2D eigenvalue weighted by Gasteiger charge is -2.36. The molecule has 0 saturated carbocycles. The fourth-order valence-corrected chi connectivity index (χ4v) is 4.18. The van der Waals surface area contributed by atoms with Crippen molar-refractivity contribution < 1.29 is 14.7 Å². The summed E-state index contributed by atoms with van der Waals surface area (Å²) < 4.78 is 0. The molecule has 0 spiro atoms. The zero-order valence-corrected chi connectivity index (χ0v) is 18.9. The average Bonchev–Trinajstić information content (AvgIpc) is 2.75. The van der Waals surface area contributed by atoms with E-state index >= 15 is 0 Å². The largest absolute Gasteiger partial charge is 0.507 e. The molecular formula is C25H33N3O3. The molecule has 3 rings (SSSR count). The number of phenols is 1. The van der Waals surface area contributed by atoms with Crippen molar-refractivity contribution in [3.8, 4) is 5.75 Å². The molecule has 6 heteroatoms. The molecule has 4 N–H and O–H groups in total. The van der Waals surface area contributed by atoms with Crippen LogP contribution in [-0.2, 0) is 22.6 Å². The minimum absolute atomic E-state index is 0.00327. The maximum absolute atomic E-state index is 13.4. The average molecular weight is 424 g/mol. The van der Waals surface area contributed by atoms with Gasteiger partial charge < -0.3 is 21.1 Å². The molecule has 1 aliphatic rings. The number of aryl methyl sites for hydroxylation is 1. The van der Waals surface area contributed by atoms with Gasteiger partial charge in [0.15, 0.2) is 0 Å². The number of hydrogen-bond acceptors (Lipinski definition) is 4. The van der Waals surface area contributed by atoms with Gasteiger partial charge in [0, 0.05) is 30.8 Å². The van der Waals surface area contributed by atoms with E-state index in [1.165, 1.54) is 0 Å². The summed E-state index contributed by atoms with van der Waals surface area (Å²) in [5, 5.41) is 13.2. The number of nitrogens with two attached hydrogens (primary N) is 1. The number of hydrogen-bond donors (Lipinski definition) is 3. The number of carbonyl (C=O) groups excluding carboxylic acids is 2. The Morgan fingerprint density at radius 3 is 2.58 bits per heavy atom. The van der Waals surface area contributed by atoms with Crippen molar-refractivity contribution in [2.75, 3.05) is 11.1 Å². The number of nitrogens with one attached hydrogen (secondary N) is 1. The van der Waals surface area contributed by atoms with Crippen molar-refractivity contribution in [3.05, 3.63) is 52.1 Å². The van der Waals surface area contributed by atoms with Gasteiger partial charge in [-0.2, -0.15) is 0 Å². The first-order valence-corrected chi connectivity index (χ1v) is 11.0. The highest BCUT2D eigenvalue weighted by atomic mass is 16.3. The molecule has 6 nitrogen and oxygen atoms in total. The Bertz CT molecular complexity index is 1000. The van der Waals surface area contributed by atoms with Crippen LogP contribution < -0.4 is 11.1 Å². The van der Waals surface area contributed by atoms with Gasteiger partial charge in [-0.25, -0.2) is 0 Å². The summed E-state index contributed by atoms with van der Waals surface area (Å²) in [5.74, 6) is 0.0304. The third kappa shape index (κ3) is 4.84. The van der Waals surface area contributed by atoms with Crippen LogP contribution in [0.2, 0.25) is 0 Å². The minimum atomic E-state index is -0.584. The number of carbonyl (C=O) groups is 2. The van der Waals surface area contributed by atoms with Crippen LogP contribution >= 0.6 is 0 Å². The first-order chi connectivity index (χ1) is 14.7. The predicted octanol–water partition coefficient (Wildman–Crippen LogP) is 4.37. The number of fused-ring (bicyclic) bond motifs is 1. The first-order valence-electron chi connectivity index (χ1n) is 11.0. The van der Waals surface area contributed by atoms with Gasteiger partial charge in [-0.1, -0.05) is 25.8 Å². The van der Waals surface area contributed by atoms with E-state index in [1.54, 1.807) is 11.0 Å². The molecule has 1 heterocycles. The summed E-state index contributed by atoms with van der Waals surface area (Å²) in [4.78, 5) is 28.1. The molecule has 0 radical (unpaired) electrons. The van der Waals surface area contributed by atoms with Crippen LogP contribution in [-0.4, -0.2) is 27.9 Å². The molecule has 0 saturated heterocycles.